The van der Waals surface area contributed by atoms with E-state index in [1.165, 1.54) is 26.2 Å². The normalized spacial score (nSPS) is 32.9. The first kappa shape index (κ1) is 72.1. The molecule has 6 aromatic heterocycles. The van der Waals surface area contributed by atoms with Crippen molar-refractivity contribution in [3.63, 3.8) is 0 Å². The van der Waals surface area contributed by atoms with E-state index >= 15 is 0 Å². The second-order valence-corrected chi connectivity index (χ2v) is 39.0. The summed E-state index contributed by atoms with van der Waals surface area (Å²) >= 11 is 16.9. The number of aryl methyl sites for hydroxylation is 2. The number of morpholine rings is 3. The Labute approximate surface area is 572 Å². The molecule has 6 aromatic rings. The van der Waals surface area contributed by atoms with Gasteiger partial charge in [0, 0.05) is 49.6 Å². The number of aromatic nitrogens is 12. The van der Waals surface area contributed by atoms with Gasteiger partial charge in [0.25, 0.3) is 16.7 Å². The highest BCUT2D eigenvalue weighted by Gasteiger charge is 2.72. The SMILES string of the molecule is CC[C@H]1O[C@@H](n2cc(C)c(=O)[nH]c2=O)CC1OP(O)(=S)OC[C@]12CN(S(C)(=O)=O)[C@@H](C1OP(O)(=S)OC[C@]13CN(S(C)(=O)=O)[C@@H](C1OP(O)(=S)OC[C@]14CN(S(C)(=O)=O)[C@@H](C1O)[C@H](n1cnc5c(=O)[nH]c(N)nc51)O4)[C@H](n1cnc4c(=O)[nH]c(N)nc41)O3)[C@H](n1cc(C)c(N)nc1=O)O2. The van der Waals surface area contributed by atoms with Gasteiger partial charge in [0.2, 0.25) is 42.0 Å². The number of aliphatic hydroxyl groups is 1. The second kappa shape index (κ2) is 24.7. The average molecular weight is 1570 g/mol. The van der Waals surface area contributed by atoms with Gasteiger partial charge >= 0.3 is 31.5 Å². The molecule has 7 unspecified atom stereocenters. The number of nitrogens with zero attached hydrogens (tertiary/aromatic N) is 12. The number of anilines is 3. The number of rotatable bonds is 23. The van der Waals surface area contributed by atoms with E-state index in [4.69, 9.17) is 98.7 Å². The van der Waals surface area contributed by atoms with E-state index in [-0.39, 0.29) is 58.1 Å². The first-order valence-electron chi connectivity index (χ1n) is 29.3. The lowest BCUT2D eigenvalue weighted by Crippen LogP contribution is -2.51. The van der Waals surface area contributed by atoms with E-state index in [1.54, 1.807) is 6.92 Å². The summed E-state index contributed by atoms with van der Waals surface area (Å²) < 4.78 is 152. The molecule has 0 aromatic carbocycles. The number of nitrogens with one attached hydrogen (secondary N) is 3. The van der Waals surface area contributed by atoms with Gasteiger partial charge < -0.3 is 83.1 Å². The van der Waals surface area contributed by atoms with E-state index in [2.05, 4.69) is 39.9 Å². The molecule has 13 heterocycles. The van der Waals surface area contributed by atoms with Crippen LogP contribution in [0.3, 0.4) is 0 Å². The maximum Gasteiger partial charge on any atom is 0.351 e. The number of nitrogen functional groups attached to an aromatic ring is 3. The quantitative estimate of drug-likeness (QED) is 0.0269. The predicted octanol–water partition coefficient (Wildman–Crippen LogP) is -4.93. The number of imidazole rings is 2. The lowest BCUT2D eigenvalue weighted by Gasteiger charge is -2.37. The number of aliphatic hydroxyl groups excluding tert-OH is 1. The third kappa shape index (κ3) is 12.8. The van der Waals surface area contributed by atoms with Gasteiger partial charge in [-0.05, 0) is 55.7 Å². The lowest BCUT2D eigenvalue weighted by atomic mass is 10.0. The van der Waals surface area contributed by atoms with Gasteiger partial charge in [0.05, 0.1) is 75.5 Å². The molecule has 7 aliphatic heterocycles. The molecule has 18 atom stereocenters. The molecule has 0 spiro atoms. The summed E-state index contributed by atoms with van der Waals surface area (Å²) in [5.41, 5.74) is 6.30. The van der Waals surface area contributed by atoms with Gasteiger partial charge in [-0.15, -0.1) is 0 Å². The van der Waals surface area contributed by atoms with Crippen molar-refractivity contribution in [1.29, 1.82) is 0 Å². The monoisotopic (exact) mass is 1560 g/mol. The van der Waals surface area contributed by atoms with Crippen LogP contribution in [0.2, 0.25) is 0 Å². The molecular weight excluding hydrogens is 1500 g/mol. The summed E-state index contributed by atoms with van der Waals surface area (Å²) in [6.45, 7) is -15.3. The van der Waals surface area contributed by atoms with Crippen LogP contribution in [0.25, 0.3) is 22.3 Å². The summed E-state index contributed by atoms with van der Waals surface area (Å²) in [6.07, 6.45) is -6.40. The fourth-order valence-corrected chi connectivity index (χ4v) is 21.5. The molecule has 0 aliphatic carbocycles. The van der Waals surface area contributed by atoms with Gasteiger partial charge in [0.1, 0.15) is 53.2 Å². The zero-order valence-corrected chi connectivity index (χ0v) is 59.7. The third-order valence-corrected chi connectivity index (χ3v) is 26.4. The minimum atomic E-state index is -5.13. The Morgan fingerprint density at radius 2 is 1.03 bits per heavy atom. The van der Waals surface area contributed by atoms with Crippen molar-refractivity contribution < 1.29 is 91.1 Å². The van der Waals surface area contributed by atoms with Crippen molar-refractivity contribution in [2.75, 3.05) is 75.4 Å². The summed E-state index contributed by atoms with van der Waals surface area (Å²) in [5.74, 6) is -0.987. The molecule has 13 N–H and O–H groups in total. The van der Waals surface area contributed by atoms with E-state index < -0.39 is 214 Å². The number of H-pyrrole nitrogens is 3. The Balaban J connectivity index is 0.829. The topological polar surface area (TPSA) is 580 Å². The van der Waals surface area contributed by atoms with Crippen LogP contribution in [0.4, 0.5) is 17.7 Å². The molecule has 6 bridgehead atoms. The van der Waals surface area contributed by atoms with Gasteiger partial charge in [-0.1, -0.05) is 6.92 Å². The molecule has 0 radical (unpaired) electrons. The molecule has 7 saturated heterocycles. The fourth-order valence-electron chi connectivity index (χ4n) is 13.7. The summed E-state index contributed by atoms with van der Waals surface area (Å²) in [5, 5.41) is 12.0. The minimum Gasteiger partial charge on any atom is -0.388 e. The van der Waals surface area contributed by atoms with Gasteiger partial charge in [0.15, 0.2) is 41.0 Å². The molecule has 0 saturated carbocycles. The number of sulfonamides is 3. The highest BCUT2D eigenvalue weighted by Crippen LogP contribution is 2.62. The summed E-state index contributed by atoms with van der Waals surface area (Å²) in [7, 11) is -13.2. The van der Waals surface area contributed by atoms with E-state index in [9.17, 15) is 69.0 Å². The Hall–Kier alpha value is -5.22. The smallest absolute Gasteiger partial charge is 0.351 e. The largest absolute Gasteiger partial charge is 0.388 e. The van der Waals surface area contributed by atoms with Crippen molar-refractivity contribution in [3.05, 3.63) is 88.2 Å². The molecule has 52 heteroatoms. The van der Waals surface area contributed by atoms with Crippen LogP contribution in [-0.4, -0.2) is 240 Å². The first-order valence-corrected chi connectivity index (χ1v) is 42.7. The zero-order valence-electron chi connectivity index (χ0n) is 52.1. The molecule has 99 heavy (non-hydrogen) atoms. The van der Waals surface area contributed by atoms with Crippen LogP contribution in [0.5, 0.6) is 0 Å². The number of ether oxygens (including phenoxy) is 4. The van der Waals surface area contributed by atoms with Gasteiger partial charge in [-0.3, -0.25) is 47.6 Å². The predicted molar refractivity (Wildman–Crippen MR) is 350 cm³/mol. The van der Waals surface area contributed by atoms with Crippen molar-refractivity contribution in [2.45, 2.75) is 124 Å². The molecule has 7 fully saturated rings. The molecular formula is C47H63N18O25P3S6. The zero-order chi connectivity index (χ0) is 71.8. The Morgan fingerprint density at radius 3 is 1.52 bits per heavy atom. The second-order valence-electron chi connectivity index (χ2n) is 24.8. The number of hydrogen-bond acceptors (Lipinski definition) is 33. The van der Waals surface area contributed by atoms with Crippen LogP contribution in [0, 0.1) is 13.8 Å². The summed E-state index contributed by atoms with van der Waals surface area (Å²) in [4.78, 5) is 129. The Kier molecular flexibility index (Phi) is 18.0. The van der Waals surface area contributed by atoms with Crippen LogP contribution in [-0.2, 0) is 112 Å². The Bertz CT molecular complexity index is 5180. The lowest BCUT2D eigenvalue weighted by molar-refractivity contribution is -0.146. The van der Waals surface area contributed by atoms with Crippen molar-refractivity contribution in [2.24, 2.45) is 0 Å². The van der Waals surface area contributed by atoms with Crippen LogP contribution in [0.1, 0.15) is 55.8 Å². The van der Waals surface area contributed by atoms with Crippen LogP contribution < -0.4 is 45.3 Å². The number of nitrogens with two attached hydrogens (primary N) is 3. The van der Waals surface area contributed by atoms with Crippen LogP contribution in [0.15, 0.2) is 49.0 Å². The van der Waals surface area contributed by atoms with Crippen molar-refractivity contribution in [3.8, 4) is 0 Å². The standard InChI is InChI=1S/C47H63N18O25P3S6/c1-7-21-22(8-23(84-21)59-10-20(3)35(67)58-44(59)71)88-91(72,94)82-15-46-12-64(98(5,77)78)27(39(86-46)60-9-19(2)32(48)53-43(60)70)30(46)89-93(74,96)83-16-47-13-65(99(6,79)80)28(40(87-47)62-18-52-25-34(62)55-42(50)57-37(25)69)31(47)90-92(73,95)81-14-45-11-63(97(4,75)76)26(29(45)66)38(85-45)61-17-51-24-33(61)54-41(49)56-36(24)68/h9-10,17-18,21-23,26-31,38-40,66H,7-8,11-16H2,1-6H3,(H,72,94)(H,73,95)(H,74,96)(H2,48,53,70)(H,58,67,71)(H3,49,54,56,68)(H3,50,55,57,69)/t21-,22?,23-,26+,27+,28+,29?,30?,31?,38-,39-,40-,45-,46-,47-,91?,92?,93?/m1/s1. The van der Waals surface area contributed by atoms with Crippen molar-refractivity contribution >= 4 is 126 Å². The van der Waals surface area contributed by atoms with Crippen LogP contribution >= 0.6 is 20.2 Å². The molecule has 43 nitrogen and oxygen atoms in total. The number of hydrogen-bond donors (Lipinski definition) is 10. The minimum absolute atomic E-state index is 0.118. The van der Waals surface area contributed by atoms with Crippen molar-refractivity contribution in [1.82, 2.24) is 71.1 Å². The average Bonchev–Trinajstić information content (AvgIpc) is 1.55. The van der Waals surface area contributed by atoms with E-state index in [1.807, 2.05) is 0 Å². The number of fused-ring (bicyclic) bond motifs is 8. The number of aromatic amines is 3. The third-order valence-electron chi connectivity index (χ3n) is 18.1. The maximum atomic E-state index is 14.1. The Morgan fingerprint density at radius 1 is 0.606 bits per heavy atom. The van der Waals surface area contributed by atoms with Gasteiger partial charge in [-0.25, -0.2) is 44.8 Å². The summed E-state index contributed by atoms with van der Waals surface area (Å²) in [6, 6.07) is -4.92. The molecule has 542 valence electrons. The van der Waals surface area contributed by atoms with E-state index in [0.717, 1.165) is 62.6 Å². The molecule has 7 aliphatic rings. The fraction of sp³-hybridized carbons (Fsp3) is 0.617. The molecule has 0 amide bonds. The highest BCUT2D eigenvalue weighted by atomic mass is 32.5. The molecule has 13 rings (SSSR count). The highest BCUT2D eigenvalue weighted by molar-refractivity contribution is 8.07. The maximum absolute atomic E-state index is 14.1. The van der Waals surface area contributed by atoms with Gasteiger partial charge in [-0.2, -0.15) is 27.9 Å². The van der Waals surface area contributed by atoms with E-state index in [0.29, 0.717) is 0 Å². The first-order chi connectivity index (χ1) is 46.0.